The Morgan fingerprint density at radius 1 is 0.536 bits per heavy atom. The molecule has 0 fully saturated rings. The summed E-state index contributed by atoms with van der Waals surface area (Å²) in [4.78, 5) is 37.0. The van der Waals surface area contributed by atoms with Crippen molar-refractivity contribution in [3.05, 3.63) is 48.6 Å². The number of aliphatic hydroxyl groups is 2. The second-order valence-corrected chi connectivity index (χ2v) is 20.8. The summed E-state index contributed by atoms with van der Waals surface area (Å²) in [5.74, 6) is 0.124. The molecule has 0 aliphatic heterocycles. The van der Waals surface area contributed by atoms with E-state index in [2.05, 4.69) is 73.1 Å². The third kappa shape index (κ3) is 56.6. The first-order chi connectivity index (χ1) is 31.1. The Balaban J connectivity index is -0.00000341. The smallest absolute Gasteiger partial charge is 1.00 e. The van der Waals surface area contributed by atoms with Gasteiger partial charge in [-0.25, -0.2) is 0 Å². The Kier molecular flexibility index (Phi) is 58.6. The van der Waals surface area contributed by atoms with E-state index < -0.39 is 33.2 Å². The zero-order chi connectivity index (χ0) is 48.3. The predicted octanol–water partition coefficient (Wildman–Crippen LogP) is 1.65. The number of halogens is 2. The molecule has 0 aliphatic carbocycles. The summed E-state index contributed by atoms with van der Waals surface area (Å²) < 4.78 is 23.2. The van der Waals surface area contributed by atoms with Crippen LogP contribution in [0.3, 0.4) is 0 Å². The van der Waals surface area contributed by atoms with Crippen LogP contribution in [0.25, 0.3) is 0 Å². The molecule has 2 atom stereocenters. The number of nitrogens with zero attached hydrogens (tertiary/aromatic N) is 2. The molecule has 0 bridgehead atoms. The molecule has 12 nitrogen and oxygen atoms in total. The van der Waals surface area contributed by atoms with Crippen molar-refractivity contribution in [3.8, 4) is 0 Å². The first-order valence-corrected chi connectivity index (χ1v) is 27.3. The van der Waals surface area contributed by atoms with Gasteiger partial charge in [0.2, 0.25) is 11.8 Å². The SMILES string of the molecule is C.CCCCC/C=C\C/C=C\CCCCCCCC(=O)NCCC[N+](C)(C)CC(O)COP(=O)([O-])OCC(O)C[N+](C)(C)CCCNC(=O)CCCCCCC/C=C\C/C=C\CCCCC.[Cl-].[Cl-].[Na+]. The standard InChI is InChI=1S/C52H99N4O8P.CH4.2ClH.Na/c1-7-9-11-13-15-17-19-21-23-25-27-29-31-33-35-39-51(59)53-41-37-43-55(3,4)45-49(57)47-63-65(61,62)64-48-50(58)46-56(5,6)44-38-42-54-52(60)40-36-34-32-30-28-26-24-22-20-18-16-14-12-10-8-2;;;;/h15-18,21-24,49-50,57-58H,7-14,19-20,25-48H2,1-6H3,(H-2,53,54,59,60,61,62);1H4;2*1H;/q;;;;+1/p-1/b17-15-,18-16-,23-21-,24-22-;;;;. The molecule has 0 rings (SSSR count). The molecule has 0 saturated heterocycles. The fraction of sp³-hybridized carbons (Fsp3) is 0.811. The molecular formula is C53H104Cl2N4NaO8P. The van der Waals surface area contributed by atoms with Gasteiger partial charge in [-0.1, -0.05) is 134 Å². The number of carbonyl (C=O) groups excluding carboxylic acids is 2. The van der Waals surface area contributed by atoms with Gasteiger partial charge in [0.05, 0.1) is 54.5 Å². The van der Waals surface area contributed by atoms with Gasteiger partial charge in [-0.2, -0.15) is 0 Å². The van der Waals surface area contributed by atoms with Gasteiger partial charge >= 0.3 is 29.6 Å². The first kappa shape index (κ1) is 77.3. The zero-order valence-electron chi connectivity index (χ0n) is 44.3. The Hall–Kier alpha value is -0.570. The summed E-state index contributed by atoms with van der Waals surface area (Å²) in [5.41, 5.74) is 0. The van der Waals surface area contributed by atoms with Crippen LogP contribution >= 0.6 is 7.82 Å². The predicted molar refractivity (Wildman–Crippen MR) is 276 cm³/mol. The minimum atomic E-state index is -4.75. The monoisotopic (exact) mass is 1050 g/mol. The van der Waals surface area contributed by atoms with Crippen LogP contribution in [0.4, 0.5) is 0 Å². The second kappa shape index (κ2) is 52.3. The summed E-state index contributed by atoms with van der Waals surface area (Å²) in [6, 6.07) is 0. The molecule has 404 valence electrons. The van der Waals surface area contributed by atoms with Gasteiger partial charge < -0.3 is 68.6 Å². The van der Waals surface area contributed by atoms with Gasteiger partial charge in [0.1, 0.15) is 25.3 Å². The van der Waals surface area contributed by atoms with E-state index >= 15 is 0 Å². The number of rotatable bonds is 46. The van der Waals surface area contributed by atoms with Crippen molar-refractivity contribution >= 4 is 19.6 Å². The number of nitrogens with one attached hydrogen (secondary N) is 2. The maximum atomic E-state index is 12.4. The Morgan fingerprint density at radius 3 is 1.17 bits per heavy atom. The number of aliphatic hydroxyl groups excluding tert-OH is 2. The van der Waals surface area contributed by atoms with E-state index in [1.165, 1.54) is 77.0 Å². The molecular weight excluding hydrogens is 945 g/mol. The molecule has 2 amide bonds. The van der Waals surface area contributed by atoms with Gasteiger partial charge in [0, 0.05) is 38.8 Å². The zero-order valence-corrected chi connectivity index (χ0v) is 48.7. The van der Waals surface area contributed by atoms with E-state index in [4.69, 9.17) is 9.05 Å². The molecule has 0 spiro atoms. The third-order valence-corrected chi connectivity index (χ3v) is 12.4. The molecule has 0 radical (unpaired) electrons. The number of hydrogen-bond donors (Lipinski definition) is 4. The minimum absolute atomic E-state index is 0. The van der Waals surface area contributed by atoms with E-state index in [1.807, 2.05) is 28.2 Å². The average Bonchev–Trinajstić information content (AvgIpc) is 3.25. The molecule has 0 aromatic heterocycles. The van der Waals surface area contributed by atoms with Crippen LogP contribution in [0.2, 0.25) is 0 Å². The third-order valence-electron chi connectivity index (χ3n) is 11.5. The maximum Gasteiger partial charge on any atom is 1.00 e. The molecule has 0 saturated carbocycles. The number of hydrogen-bond acceptors (Lipinski definition) is 8. The number of carbonyl (C=O) groups is 2. The average molecular weight is 1050 g/mol. The van der Waals surface area contributed by atoms with Crippen molar-refractivity contribution in [2.45, 2.75) is 200 Å². The Morgan fingerprint density at radius 2 is 0.841 bits per heavy atom. The van der Waals surface area contributed by atoms with Gasteiger partial charge in [-0.3, -0.25) is 14.2 Å². The molecule has 0 aromatic rings. The van der Waals surface area contributed by atoms with Crippen LogP contribution in [0.15, 0.2) is 48.6 Å². The molecule has 0 aliphatic rings. The molecule has 0 heterocycles. The van der Waals surface area contributed by atoms with E-state index in [1.54, 1.807) is 0 Å². The van der Waals surface area contributed by atoms with Gasteiger partial charge in [-0.05, 0) is 77.0 Å². The van der Waals surface area contributed by atoms with Crippen molar-refractivity contribution in [2.24, 2.45) is 0 Å². The van der Waals surface area contributed by atoms with Crippen LogP contribution in [-0.2, 0) is 23.2 Å². The van der Waals surface area contributed by atoms with E-state index in [0.717, 1.165) is 77.0 Å². The minimum Gasteiger partial charge on any atom is -1.00 e. The van der Waals surface area contributed by atoms with Crippen molar-refractivity contribution in [3.63, 3.8) is 0 Å². The molecule has 69 heavy (non-hydrogen) atoms. The fourth-order valence-electron chi connectivity index (χ4n) is 7.66. The fourth-order valence-corrected chi connectivity index (χ4v) is 8.45. The van der Waals surface area contributed by atoms with E-state index in [0.29, 0.717) is 48.0 Å². The summed E-state index contributed by atoms with van der Waals surface area (Å²) >= 11 is 0. The maximum absolute atomic E-state index is 12.4. The summed E-state index contributed by atoms with van der Waals surface area (Å²) in [5, 5.41) is 27.1. The Bertz CT molecular complexity index is 1250. The molecule has 4 N–H and O–H groups in total. The number of unbranched alkanes of at least 4 members (excludes halogenated alkanes) is 16. The second-order valence-electron chi connectivity index (χ2n) is 19.4. The number of quaternary nitrogens is 2. The van der Waals surface area contributed by atoms with Gasteiger partial charge in [-0.15, -0.1) is 0 Å². The van der Waals surface area contributed by atoms with Gasteiger partial charge in [0.25, 0.3) is 7.82 Å². The number of phosphoric ester groups is 1. The largest absolute Gasteiger partial charge is 1.00 e. The molecule has 2 unspecified atom stereocenters. The summed E-state index contributed by atoms with van der Waals surface area (Å²) in [6.07, 6.45) is 43.9. The van der Waals surface area contributed by atoms with Gasteiger partial charge in [0.15, 0.2) is 0 Å². The van der Waals surface area contributed by atoms with Crippen LogP contribution in [0.1, 0.15) is 188 Å². The normalized spacial score (nSPS) is 13.7. The van der Waals surface area contributed by atoms with Crippen molar-refractivity contribution in [1.29, 1.82) is 0 Å². The Labute approximate surface area is 458 Å². The number of phosphoric acid groups is 1. The van der Waals surface area contributed by atoms with Crippen LogP contribution < -0.4 is 69.9 Å². The number of amides is 2. The van der Waals surface area contributed by atoms with Crippen molar-refractivity contribution in [2.75, 3.05) is 80.7 Å². The van der Waals surface area contributed by atoms with Crippen molar-refractivity contribution in [1.82, 2.24) is 10.6 Å². The summed E-state index contributed by atoms with van der Waals surface area (Å²) in [6.45, 7) is 6.51. The number of allylic oxidation sites excluding steroid dienone is 8. The van der Waals surface area contributed by atoms with E-state index in [-0.39, 0.29) is 86.7 Å². The topological polar surface area (TPSA) is 157 Å². The van der Waals surface area contributed by atoms with Crippen LogP contribution in [-0.4, -0.2) is 124 Å². The van der Waals surface area contributed by atoms with Crippen molar-refractivity contribution < 1.29 is 102 Å². The molecule has 0 aromatic carbocycles. The first-order valence-electron chi connectivity index (χ1n) is 25.8. The van der Waals surface area contributed by atoms with Crippen LogP contribution in [0, 0.1) is 0 Å². The molecule has 16 heteroatoms. The quantitative estimate of drug-likeness (QED) is 0.0236. The van der Waals surface area contributed by atoms with Crippen LogP contribution in [0.5, 0.6) is 0 Å². The summed E-state index contributed by atoms with van der Waals surface area (Å²) in [7, 11) is 2.99. The number of likely N-dealkylation sites (N-methyl/N-ethyl adjacent to an activating group) is 2. The van der Waals surface area contributed by atoms with E-state index in [9.17, 15) is 29.3 Å².